The zero-order chi connectivity index (χ0) is 14.4. The highest BCUT2D eigenvalue weighted by Gasteiger charge is 2.38. The van der Waals surface area contributed by atoms with Crippen molar-refractivity contribution in [1.82, 2.24) is 15.1 Å². The van der Waals surface area contributed by atoms with E-state index >= 15 is 0 Å². The third kappa shape index (κ3) is 4.18. The minimum absolute atomic E-state index is 0.0150. The van der Waals surface area contributed by atoms with Crippen molar-refractivity contribution in [3.8, 4) is 0 Å². The fourth-order valence-corrected chi connectivity index (χ4v) is 2.73. The molecule has 0 aliphatic carbocycles. The largest absolute Gasteiger partial charge is 0.325 e. The summed E-state index contributed by atoms with van der Waals surface area (Å²) in [7, 11) is 0. The van der Waals surface area contributed by atoms with Crippen LogP contribution in [0.2, 0.25) is 0 Å². The SMILES string of the molecule is CCCN(CC)CCN1C(=O)C(C(C)CC)NC1C. The molecule has 1 rings (SSSR count). The van der Waals surface area contributed by atoms with Crippen LogP contribution in [0.4, 0.5) is 0 Å². The molecule has 1 saturated heterocycles. The van der Waals surface area contributed by atoms with Crippen LogP contribution in [0.1, 0.15) is 47.5 Å². The second kappa shape index (κ2) is 7.85. The van der Waals surface area contributed by atoms with Crippen LogP contribution in [-0.2, 0) is 4.79 Å². The average Bonchev–Trinajstić information content (AvgIpc) is 2.69. The number of hydrogen-bond donors (Lipinski definition) is 1. The Kier molecular flexibility index (Phi) is 6.80. The molecule has 1 amide bonds. The molecular formula is C15H31N3O. The molecule has 1 N–H and O–H groups in total. The summed E-state index contributed by atoms with van der Waals surface area (Å²) in [6.07, 6.45) is 2.39. The van der Waals surface area contributed by atoms with Gasteiger partial charge in [-0.2, -0.15) is 0 Å². The molecular weight excluding hydrogens is 238 g/mol. The molecule has 19 heavy (non-hydrogen) atoms. The molecule has 0 radical (unpaired) electrons. The van der Waals surface area contributed by atoms with Gasteiger partial charge < -0.3 is 9.80 Å². The van der Waals surface area contributed by atoms with Crippen LogP contribution in [0.5, 0.6) is 0 Å². The predicted molar refractivity (Wildman–Crippen MR) is 80.0 cm³/mol. The summed E-state index contributed by atoms with van der Waals surface area (Å²) < 4.78 is 0. The number of amides is 1. The summed E-state index contributed by atoms with van der Waals surface area (Å²) in [5.41, 5.74) is 0. The van der Waals surface area contributed by atoms with Gasteiger partial charge in [0.05, 0.1) is 12.2 Å². The van der Waals surface area contributed by atoms with Crippen molar-refractivity contribution in [3.05, 3.63) is 0 Å². The highest BCUT2D eigenvalue weighted by atomic mass is 16.2. The second-order valence-electron chi connectivity index (χ2n) is 5.67. The first-order valence-corrected chi connectivity index (χ1v) is 7.83. The first-order valence-electron chi connectivity index (χ1n) is 7.83. The van der Waals surface area contributed by atoms with E-state index in [1.54, 1.807) is 0 Å². The molecule has 0 aromatic heterocycles. The van der Waals surface area contributed by atoms with Crippen molar-refractivity contribution >= 4 is 5.91 Å². The molecule has 0 spiro atoms. The smallest absolute Gasteiger partial charge is 0.241 e. The fourth-order valence-electron chi connectivity index (χ4n) is 2.73. The summed E-state index contributed by atoms with van der Waals surface area (Å²) >= 11 is 0. The number of hydrogen-bond acceptors (Lipinski definition) is 3. The average molecular weight is 269 g/mol. The summed E-state index contributed by atoms with van der Waals surface area (Å²) in [6.45, 7) is 14.8. The first kappa shape index (κ1) is 16.4. The predicted octanol–water partition coefficient (Wildman–Crippen LogP) is 1.91. The lowest BCUT2D eigenvalue weighted by atomic mass is 9.99. The van der Waals surface area contributed by atoms with Crippen LogP contribution >= 0.6 is 0 Å². The standard InChI is InChI=1S/C15H31N3O/c1-6-9-17(8-3)10-11-18-13(5)16-14(15(18)19)12(4)7-2/h12-14,16H,6-11H2,1-5H3. The van der Waals surface area contributed by atoms with E-state index in [1.807, 2.05) is 4.90 Å². The third-order valence-electron chi connectivity index (χ3n) is 4.29. The Morgan fingerprint density at radius 3 is 2.53 bits per heavy atom. The summed E-state index contributed by atoms with van der Waals surface area (Å²) in [6, 6.07) is 0.0150. The number of nitrogens with one attached hydrogen (secondary N) is 1. The topological polar surface area (TPSA) is 35.6 Å². The van der Waals surface area contributed by atoms with Gasteiger partial charge in [0, 0.05) is 13.1 Å². The van der Waals surface area contributed by atoms with Crippen molar-refractivity contribution in [2.75, 3.05) is 26.2 Å². The summed E-state index contributed by atoms with van der Waals surface area (Å²) in [5.74, 6) is 0.701. The zero-order valence-corrected chi connectivity index (χ0v) is 13.3. The van der Waals surface area contributed by atoms with E-state index in [0.717, 1.165) is 32.6 Å². The molecule has 1 fully saturated rings. The molecule has 0 bridgehead atoms. The molecule has 4 nitrogen and oxygen atoms in total. The Hall–Kier alpha value is -0.610. The highest BCUT2D eigenvalue weighted by Crippen LogP contribution is 2.18. The van der Waals surface area contributed by atoms with E-state index in [-0.39, 0.29) is 18.1 Å². The van der Waals surface area contributed by atoms with Gasteiger partial charge in [0.1, 0.15) is 0 Å². The fraction of sp³-hybridized carbons (Fsp3) is 0.933. The molecule has 3 atom stereocenters. The van der Waals surface area contributed by atoms with Crippen molar-refractivity contribution in [2.24, 2.45) is 5.92 Å². The Labute approximate surface area is 118 Å². The molecule has 0 aromatic rings. The van der Waals surface area contributed by atoms with Crippen LogP contribution in [-0.4, -0.2) is 54.1 Å². The maximum absolute atomic E-state index is 12.4. The Balaban J connectivity index is 2.51. The maximum atomic E-state index is 12.4. The van der Waals surface area contributed by atoms with Gasteiger partial charge in [-0.3, -0.25) is 10.1 Å². The lowest BCUT2D eigenvalue weighted by Gasteiger charge is -2.26. The number of carbonyl (C=O) groups excluding carboxylic acids is 1. The van der Waals surface area contributed by atoms with Crippen molar-refractivity contribution in [1.29, 1.82) is 0 Å². The van der Waals surface area contributed by atoms with Gasteiger partial charge >= 0.3 is 0 Å². The van der Waals surface area contributed by atoms with Gasteiger partial charge in [-0.05, 0) is 32.4 Å². The monoisotopic (exact) mass is 269 g/mol. The molecule has 1 aliphatic heterocycles. The second-order valence-corrected chi connectivity index (χ2v) is 5.67. The highest BCUT2D eigenvalue weighted by molar-refractivity contribution is 5.84. The minimum atomic E-state index is 0.0150. The lowest BCUT2D eigenvalue weighted by molar-refractivity contribution is -0.130. The Morgan fingerprint density at radius 2 is 2.00 bits per heavy atom. The van der Waals surface area contributed by atoms with Crippen molar-refractivity contribution < 1.29 is 4.79 Å². The van der Waals surface area contributed by atoms with E-state index < -0.39 is 0 Å². The molecule has 1 heterocycles. The van der Waals surface area contributed by atoms with E-state index in [9.17, 15) is 4.79 Å². The number of nitrogens with zero attached hydrogens (tertiary/aromatic N) is 2. The van der Waals surface area contributed by atoms with Crippen LogP contribution in [0.25, 0.3) is 0 Å². The lowest BCUT2D eigenvalue weighted by Crippen LogP contribution is -2.41. The van der Waals surface area contributed by atoms with E-state index in [4.69, 9.17) is 0 Å². The Bertz CT molecular complexity index is 283. The van der Waals surface area contributed by atoms with Gasteiger partial charge in [-0.1, -0.05) is 34.1 Å². The quantitative estimate of drug-likeness (QED) is 0.731. The van der Waals surface area contributed by atoms with Crippen LogP contribution in [0, 0.1) is 5.92 Å². The van der Waals surface area contributed by atoms with Crippen LogP contribution < -0.4 is 5.32 Å². The van der Waals surface area contributed by atoms with Crippen molar-refractivity contribution in [2.45, 2.75) is 59.7 Å². The molecule has 0 aromatic carbocycles. The molecule has 0 saturated carbocycles. The van der Waals surface area contributed by atoms with Crippen LogP contribution in [0.15, 0.2) is 0 Å². The van der Waals surface area contributed by atoms with E-state index in [0.29, 0.717) is 5.92 Å². The molecule has 4 heteroatoms. The summed E-state index contributed by atoms with van der Waals surface area (Å²) in [5, 5.41) is 3.44. The minimum Gasteiger partial charge on any atom is -0.325 e. The summed E-state index contributed by atoms with van der Waals surface area (Å²) in [4.78, 5) is 16.8. The van der Waals surface area contributed by atoms with Crippen LogP contribution in [0.3, 0.4) is 0 Å². The third-order valence-corrected chi connectivity index (χ3v) is 4.29. The molecule has 3 unspecified atom stereocenters. The maximum Gasteiger partial charge on any atom is 0.241 e. The zero-order valence-electron chi connectivity index (χ0n) is 13.3. The van der Waals surface area contributed by atoms with Gasteiger partial charge in [-0.25, -0.2) is 0 Å². The molecule has 112 valence electrons. The normalized spacial score (nSPS) is 25.4. The number of carbonyl (C=O) groups is 1. The van der Waals surface area contributed by atoms with Gasteiger partial charge in [0.15, 0.2) is 0 Å². The number of rotatable bonds is 8. The van der Waals surface area contributed by atoms with Gasteiger partial charge in [0.25, 0.3) is 0 Å². The van der Waals surface area contributed by atoms with Crippen molar-refractivity contribution in [3.63, 3.8) is 0 Å². The Morgan fingerprint density at radius 1 is 1.32 bits per heavy atom. The van der Waals surface area contributed by atoms with E-state index in [2.05, 4.69) is 44.8 Å². The molecule has 1 aliphatic rings. The van der Waals surface area contributed by atoms with Gasteiger partial charge in [0.2, 0.25) is 5.91 Å². The van der Waals surface area contributed by atoms with Gasteiger partial charge in [-0.15, -0.1) is 0 Å². The number of likely N-dealkylation sites (N-methyl/N-ethyl adjacent to an activating group) is 1. The van der Waals surface area contributed by atoms with E-state index in [1.165, 1.54) is 6.42 Å². The first-order chi connectivity index (χ1) is 9.04.